The Kier molecular flexibility index (Phi) is 9.72. The van der Waals surface area contributed by atoms with E-state index in [9.17, 15) is 14.7 Å². The van der Waals surface area contributed by atoms with Crippen molar-refractivity contribution < 1.29 is 14.7 Å². The standard InChI is InChI=1S/C33H32Cl2N4O3/c34-26-13-8-24(9-14-26)19-28-7-4-18-39(28)33-36-20-29(30(37-33)17-12-23-5-2-1-3-6-23)32(42)38(22-31(40)41)21-25-10-15-27(35)16-11-25/h1-3,5-6,8-11,13-16,20,28H,4,7,12,17-19,21-22H2,(H,40,41)/t28-/m1/s1. The number of aryl methyl sites for hydroxylation is 2. The van der Waals surface area contributed by atoms with Gasteiger partial charge in [0.05, 0.1) is 11.3 Å². The number of benzene rings is 3. The number of carbonyl (C=O) groups excluding carboxylic acids is 1. The van der Waals surface area contributed by atoms with Gasteiger partial charge in [0.2, 0.25) is 5.95 Å². The molecule has 1 atom stereocenters. The summed E-state index contributed by atoms with van der Waals surface area (Å²) in [6, 6.07) is 25.2. The van der Waals surface area contributed by atoms with Crippen LogP contribution in [0.5, 0.6) is 0 Å². The molecule has 1 aliphatic heterocycles. The Labute approximate surface area is 255 Å². The average molecular weight is 604 g/mol. The van der Waals surface area contributed by atoms with Crippen LogP contribution >= 0.6 is 23.2 Å². The highest BCUT2D eigenvalue weighted by molar-refractivity contribution is 6.30. The highest BCUT2D eigenvalue weighted by Gasteiger charge is 2.29. The molecule has 2 heterocycles. The summed E-state index contributed by atoms with van der Waals surface area (Å²) in [5, 5.41) is 10.9. The van der Waals surface area contributed by atoms with E-state index in [1.54, 1.807) is 30.5 Å². The molecule has 7 nitrogen and oxygen atoms in total. The van der Waals surface area contributed by atoms with Crippen molar-refractivity contribution in [2.45, 2.75) is 44.7 Å². The van der Waals surface area contributed by atoms with Gasteiger partial charge in [0.25, 0.3) is 5.91 Å². The Morgan fingerprint density at radius 2 is 1.55 bits per heavy atom. The van der Waals surface area contributed by atoms with Crippen LogP contribution in [0.25, 0.3) is 0 Å². The largest absolute Gasteiger partial charge is 0.480 e. The molecule has 1 aromatic heterocycles. The fraction of sp³-hybridized carbons (Fsp3) is 0.273. The number of hydrogen-bond donors (Lipinski definition) is 1. The predicted molar refractivity (Wildman–Crippen MR) is 165 cm³/mol. The lowest BCUT2D eigenvalue weighted by atomic mass is 10.0. The van der Waals surface area contributed by atoms with Gasteiger partial charge in [0.15, 0.2) is 0 Å². The van der Waals surface area contributed by atoms with E-state index in [4.69, 9.17) is 28.2 Å². The van der Waals surface area contributed by atoms with Crippen molar-refractivity contribution in [2.24, 2.45) is 0 Å². The van der Waals surface area contributed by atoms with Gasteiger partial charge in [-0.2, -0.15) is 0 Å². The second-order valence-electron chi connectivity index (χ2n) is 10.5. The number of halogens is 2. The van der Waals surface area contributed by atoms with E-state index in [0.717, 1.165) is 36.9 Å². The van der Waals surface area contributed by atoms with Crippen molar-refractivity contribution in [3.05, 3.63) is 123 Å². The Morgan fingerprint density at radius 3 is 2.21 bits per heavy atom. The van der Waals surface area contributed by atoms with E-state index >= 15 is 0 Å². The molecule has 9 heteroatoms. The maximum Gasteiger partial charge on any atom is 0.323 e. The fourth-order valence-corrected chi connectivity index (χ4v) is 5.62. The van der Waals surface area contributed by atoms with Gasteiger partial charge in [0, 0.05) is 35.4 Å². The second kappa shape index (κ2) is 13.8. The summed E-state index contributed by atoms with van der Waals surface area (Å²) in [4.78, 5) is 38.8. The zero-order valence-electron chi connectivity index (χ0n) is 23.1. The van der Waals surface area contributed by atoms with Gasteiger partial charge >= 0.3 is 5.97 Å². The zero-order chi connectivity index (χ0) is 29.5. The number of aromatic nitrogens is 2. The first-order valence-electron chi connectivity index (χ1n) is 14.0. The molecule has 1 N–H and O–H groups in total. The van der Waals surface area contributed by atoms with Gasteiger partial charge in [-0.15, -0.1) is 0 Å². The smallest absolute Gasteiger partial charge is 0.323 e. The number of nitrogens with zero attached hydrogens (tertiary/aromatic N) is 4. The van der Waals surface area contributed by atoms with Gasteiger partial charge in [-0.25, -0.2) is 9.97 Å². The molecule has 1 aliphatic rings. The molecule has 4 aromatic rings. The third-order valence-corrected chi connectivity index (χ3v) is 8.00. The number of anilines is 1. The second-order valence-corrected chi connectivity index (χ2v) is 11.4. The van der Waals surface area contributed by atoms with Gasteiger partial charge < -0.3 is 14.9 Å². The van der Waals surface area contributed by atoms with Gasteiger partial charge in [-0.3, -0.25) is 9.59 Å². The van der Waals surface area contributed by atoms with Crippen molar-refractivity contribution in [2.75, 3.05) is 18.0 Å². The highest BCUT2D eigenvalue weighted by Crippen LogP contribution is 2.27. The van der Waals surface area contributed by atoms with E-state index in [1.165, 1.54) is 10.5 Å². The number of carboxylic acids is 1. The van der Waals surface area contributed by atoms with Gasteiger partial charge in [-0.05, 0) is 73.1 Å². The molecule has 216 valence electrons. The van der Waals surface area contributed by atoms with Crippen LogP contribution in [0.3, 0.4) is 0 Å². The van der Waals surface area contributed by atoms with Crippen LogP contribution < -0.4 is 4.90 Å². The summed E-state index contributed by atoms with van der Waals surface area (Å²) in [6.45, 7) is 0.499. The summed E-state index contributed by atoms with van der Waals surface area (Å²) in [7, 11) is 0. The van der Waals surface area contributed by atoms with Crippen LogP contribution in [-0.2, 0) is 30.6 Å². The first-order valence-corrected chi connectivity index (χ1v) is 14.8. The summed E-state index contributed by atoms with van der Waals surface area (Å²) in [5.41, 5.74) is 4.02. The first kappa shape index (κ1) is 29.5. The van der Waals surface area contributed by atoms with Crippen LogP contribution in [0, 0.1) is 0 Å². The third kappa shape index (κ3) is 7.66. The monoisotopic (exact) mass is 602 g/mol. The molecule has 0 spiro atoms. The van der Waals surface area contributed by atoms with Crippen LogP contribution in [0.15, 0.2) is 85.1 Å². The minimum absolute atomic E-state index is 0.122. The van der Waals surface area contributed by atoms with Crippen LogP contribution in [0.2, 0.25) is 10.0 Å². The lowest BCUT2D eigenvalue weighted by Gasteiger charge is -2.26. The SMILES string of the molecule is O=C(O)CN(Cc1ccc(Cl)cc1)C(=O)c1cnc(N2CCC[C@@H]2Cc2ccc(Cl)cc2)nc1CCc1ccccc1. The number of hydrogen-bond acceptors (Lipinski definition) is 5. The topological polar surface area (TPSA) is 86.6 Å². The van der Waals surface area contributed by atoms with Crippen molar-refractivity contribution in [1.82, 2.24) is 14.9 Å². The average Bonchev–Trinajstić information content (AvgIpc) is 3.46. The molecule has 1 fully saturated rings. The number of aliphatic carboxylic acids is 1. The lowest BCUT2D eigenvalue weighted by Crippen LogP contribution is -2.37. The summed E-state index contributed by atoms with van der Waals surface area (Å²) < 4.78 is 0. The Balaban J connectivity index is 1.44. The molecule has 0 radical (unpaired) electrons. The van der Waals surface area contributed by atoms with E-state index < -0.39 is 18.4 Å². The molecule has 0 unspecified atom stereocenters. The molecule has 3 aromatic carbocycles. The number of carboxylic acid groups (broad SMARTS) is 1. The van der Waals surface area contributed by atoms with Crippen LogP contribution in [-0.4, -0.2) is 51.0 Å². The number of carbonyl (C=O) groups is 2. The molecule has 1 saturated heterocycles. The molecule has 0 saturated carbocycles. The van der Waals surface area contributed by atoms with E-state index in [1.807, 2.05) is 54.6 Å². The fourth-order valence-electron chi connectivity index (χ4n) is 5.37. The van der Waals surface area contributed by atoms with Crippen molar-refractivity contribution in [3.63, 3.8) is 0 Å². The van der Waals surface area contributed by atoms with Gasteiger partial charge in [0.1, 0.15) is 6.54 Å². The molecule has 42 heavy (non-hydrogen) atoms. The number of rotatable bonds is 11. The molecule has 1 amide bonds. The first-order chi connectivity index (χ1) is 20.4. The lowest BCUT2D eigenvalue weighted by molar-refractivity contribution is -0.137. The normalized spacial score (nSPS) is 14.6. The van der Waals surface area contributed by atoms with E-state index in [0.29, 0.717) is 40.1 Å². The zero-order valence-corrected chi connectivity index (χ0v) is 24.6. The quantitative estimate of drug-likeness (QED) is 0.211. The molecular weight excluding hydrogens is 571 g/mol. The Hall–Kier alpha value is -3.94. The minimum Gasteiger partial charge on any atom is -0.480 e. The van der Waals surface area contributed by atoms with Crippen LogP contribution in [0.1, 0.15) is 45.6 Å². The Bertz CT molecular complexity index is 1520. The van der Waals surface area contributed by atoms with Crippen molar-refractivity contribution in [1.29, 1.82) is 0 Å². The van der Waals surface area contributed by atoms with Crippen molar-refractivity contribution in [3.8, 4) is 0 Å². The third-order valence-electron chi connectivity index (χ3n) is 7.50. The summed E-state index contributed by atoms with van der Waals surface area (Å²) in [5.74, 6) is -0.919. The van der Waals surface area contributed by atoms with E-state index in [2.05, 4.69) is 9.88 Å². The predicted octanol–water partition coefficient (Wildman–Crippen LogP) is 6.51. The van der Waals surface area contributed by atoms with Gasteiger partial charge in [-0.1, -0.05) is 77.8 Å². The van der Waals surface area contributed by atoms with Crippen molar-refractivity contribution >= 4 is 41.0 Å². The molecule has 0 bridgehead atoms. The minimum atomic E-state index is -1.09. The van der Waals surface area contributed by atoms with E-state index in [-0.39, 0.29) is 12.6 Å². The highest BCUT2D eigenvalue weighted by atomic mass is 35.5. The molecular formula is C33H32Cl2N4O3. The molecule has 0 aliphatic carbocycles. The Morgan fingerprint density at radius 1 is 0.881 bits per heavy atom. The molecule has 5 rings (SSSR count). The number of amides is 1. The van der Waals surface area contributed by atoms with Crippen LogP contribution in [0.4, 0.5) is 5.95 Å². The maximum atomic E-state index is 13.9. The summed E-state index contributed by atoms with van der Waals surface area (Å²) >= 11 is 12.1. The summed E-state index contributed by atoms with van der Waals surface area (Å²) in [6.07, 6.45) is 5.64. The maximum absolute atomic E-state index is 13.9.